The molecular formula is C20H27ClF2O. The van der Waals surface area contributed by atoms with E-state index in [1.54, 1.807) is 18.2 Å². The smallest absolute Gasteiger partial charge is 0.129 e. The molecule has 134 valence electrons. The molecule has 1 aromatic rings. The topological polar surface area (TPSA) is 9.23 Å². The minimum atomic E-state index is -0.383. The first-order valence-electron chi connectivity index (χ1n) is 9.00. The molecule has 0 aliphatic heterocycles. The monoisotopic (exact) mass is 356 g/mol. The molecule has 1 aliphatic carbocycles. The SMILES string of the molecule is CCCCCc1c(F)cc(C2CCC(OC/C=C/Cl)CC2)cc1F. The first kappa shape index (κ1) is 19.4. The van der Waals surface area contributed by atoms with Crippen LogP contribution in [0.25, 0.3) is 0 Å². The third kappa shape index (κ3) is 5.56. The summed E-state index contributed by atoms with van der Waals surface area (Å²) in [4.78, 5) is 0. The summed E-state index contributed by atoms with van der Waals surface area (Å²) < 4.78 is 34.3. The van der Waals surface area contributed by atoms with Gasteiger partial charge in [-0.3, -0.25) is 0 Å². The van der Waals surface area contributed by atoms with Crippen molar-refractivity contribution in [3.63, 3.8) is 0 Å². The number of halogens is 3. The number of benzene rings is 1. The second kappa shape index (κ2) is 10.1. The van der Waals surface area contributed by atoms with E-state index in [9.17, 15) is 8.78 Å². The van der Waals surface area contributed by atoms with Crippen molar-refractivity contribution in [1.82, 2.24) is 0 Å². The molecule has 0 bridgehead atoms. The Morgan fingerprint density at radius 2 is 1.79 bits per heavy atom. The van der Waals surface area contributed by atoms with Crippen molar-refractivity contribution in [1.29, 1.82) is 0 Å². The maximum absolute atomic E-state index is 14.3. The normalized spacial score (nSPS) is 21.5. The quantitative estimate of drug-likeness (QED) is 0.483. The van der Waals surface area contributed by atoms with Gasteiger partial charge in [0.15, 0.2) is 0 Å². The molecule has 0 heterocycles. The zero-order valence-electron chi connectivity index (χ0n) is 14.4. The molecule has 2 rings (SSSR count). The van der Waals surface area contributed by atoms with Gasteiger partial charge in [-0.15, -0.1) is 0 Å². The van der Waals surface area contributed by atoms with Crippen molar-refractivity contribution in [2.45, 2.75) is 70.3 Å². The number of hydrogen-bond acceptors (Lipinski definition) is 1. The molecule has 0 radical (unpaired) electrons. The number of hydrogen-bond donors (Lipinski definition) is 0. The number of unbranched alkanes of at least 4 members (excludes halogenated alkanes) is 2. The van der Waals surface area contributed by atoms with Gasteiger partial charge in [-0.05, 0) is 68.2 Å². The van der Waals surface area contributed by atoms with Gasteiger partial charge >= 0.3 is 0 Å². The molecule has 0 aromatic heterocycles. The third-order valence-electron chi connectivity index (χ3n) is 4.86. The summed E-state index contributed by atoms with van der Waals surface area (Å²) in [5.74, 6) is -0.541. The lowest BCUT2D eigenvalue weighted by molar-refractivity contribution is 0.0423. The van der Waals surface area contributed by atoms with E-state index in [-0.39, 0.29) is 29.2 Å². The molecule has 0 spiro atoms. The van der Waals surface area contributed by atoms with Crippen LogP contribution in [0.3, 0.4) is 0 Å². The lowest BCUT2D eigenvalue weighted by atomic mass is 9.82. The van der Waals surface area contributed by atoms with Crippen LogP contribution in [0.15, 0.2) is 23.7 Å². The average Bonchev–Trinajstić information content (AvgIpc) is 2.58. The van der Waals surface area contributed by atoms with Crippen molar-refractivity contribution in [2.24, 2.45) is 0 Å². The lowest BCUT2D eigenvalue weighted by Crippen LogP contribution is -2.21. The Morgan fingerprint density at radius 1 is 1.12 bits per heavy atom. The van der Waals surface area contributed by atoms with E-state index in [1.165, 1.54) is 5.54 Å². The number of ether oxygens (including phenoxy) is 1. The standard InChI is InChI=1S/C20H27ClF2O/c1-2-3-4-6-18-19(22)13-16(14-20(18)23)15-7-9-17(10-8-15)24-12-5-11-21/h5,11,13-15,17H,2-4,6-10,12H2,1H3/b11-5+. The molecular weight excluding hydrogens is 330 g/mol. The molecule has 0 N–H and O–H groups in total. The summed E-state index contributed by atoms with van der Waals surface area (Å²) in [7, 11) is 0. The Morgan fingerprint density at radius 3 is 2.38 bits per heavy atom. The van der Waals surface area contributed by atoms with Crippen molar-refractivity contribution >= 4 is 11.6 Å². The van der Waals surface area contributed by atoms with E-state index in [0.717, 1.165) is 50.5 Å². The average molecular weight is 357 g/mol. The van der Waals surface area contributed by atoms with Gasteiger partial charge in [0.25, 0.3) is 0 Å². The van der Waals surface area contributed by atoms with Gasteiger partial charge in [-0.25, -0.2) is 8.78 Å². The van der Waals surface area contributed by atoms with Crippen LogP contribution in [0.1, 0.15) is 68.9 Å². The molecule has 1 saturated carbocycles. The van der Waals surface area contributed by atoms with Gasteiger partial charge in [0.2, 0.25) is 0 Å². The minimum absolute atomic E-state index is 0.220. The van der Waals surface area contributed by atoms with E-state index < -0.39 is 0 Å². The minimum Gasteiger partial charge on any atom is -0.374 e. The van der Waals surface area contributed by atoms with Crippen molar-refractivity contribution in [2.75, 3.05) is 6.61 Å². The highest BCUT2D eigenvalue weighted by atomic mass is 35.5. The molecule has 0 amide bonds. The third-order valence-corrected chi connectivity index (χ3v) is 5.03. The molecule has 1 aromatic carbocycles. The molecule has 0 atom stereocenters. The fourth-order valence-corrected chi connectivity index (χ4v) is 3.51. The zero-order chi connectivity index (χ0) is 17.4. The van der Waals surface area contributed by atoms with Crippen LogP contribution < -0.4 is 0 Å². The van der Waals surface area contributed by atoms with Crippen molar-refractivity contribution < 1.29 is 13.5 Å². The first-order chi connectivity index (χ1) is 11.7. The molecule has 0 unspecified atom stereocenters. The number of rotatable bonds is 8. The Labute approximate surface area is 149 Å². The van der Waals surface area contributed by atoms with E-state index in [4.69, 9.17) is 16.3 Å². The molecule has 1 nitrogen and oxygen atoms in total. The molecule has 1 fully saturated rings. The zero-order valence-corrected chi connectivity index (χ0v) is 15.1. The van der Waals surface area contributed by atoms with E-state index >= 15 is 0 Å². The van der Waals surface area contributed by atoms with E-state index in [0.29, 0.717) is 13.0 Å². The fraction of sp³-hybridized carbons (Fsp3) is 0.600. The van der Waals surface area contributed by atoms with Gasteiger partial charge < -0.3 is 4.74 Å². The lowest BCUT2D eigenvalue weighted by Gasteiger charge is -2.28. The highest BCUT2D eigenvalue weighted by Crippen LogP contribution is 2.35. The highest BCUT2D eigenvalue weighted by molar-refractivity contribution is 6.25. The summed E-state index contributed by atoms with van der Waals surface area (Å²) in [5, 5.41) is 0. The van der Waals surface area contributed by atoms with E-state index in [2.05, 4.69) is 6.92 Å². The second-order valence-electron chi connectivity index (χ2n) is 6.59. The Kier molecular flexibility index (Phi) is 8.20. The predicted octanol–water partition coefficient (Wildman–Crippen LogP) is 6.49. The maximum atomic E-state index is 14.3. The largest absolute Gasteiger partial charge is 0.374 e. The van der Waals surface area contributed by atoms with Crippen LogP contribution in [0.4, 0.5) is 8.78 Å². The van der Waals surface area contributed by atoms with Crippen LogP contribution in [0.2, 0.25) is 0 Å². The fourth-order valence-electron chi connectivity index (χ4n) is 3.44. The highest BCUT2D eigenvalue weighted by Gasteiger charge is 2.24. The molecule has 4 heteroatoms. The Balaban J connectivity index is 1.93. The summed E-state index contributed by atoms with van der Waals surface area (Å²) in [6.45, 7) is 2.61. The van der Waals surface area contributed by atoms with Crippen molar-refractivity contribution in [3.8, 4) is 0 Å². The summed E-state index contributed by atoms with van der Waals surface area (Å²) >= 11 is 5.47. The van der Waals surface area contributed by atoms with E-state index in [1.807, 2.05) is 0 Å². The van der Waals surface area contributed by atoms with Gasteiger partial charge in [-0.1, -0.05) is 31.4 Å². The van der Waals surface area contributed by atoms with Crippen LogP contribution in [0, 0.1) is 11.6 Å². The van der Waals surface area contributed by atoms with Crippen molar-refractivity contribution in [3.05, 3.63) is 46.5 Å². The van der Waals surface area contributed by atoms with Gasteiger partial charge in [0, 0.05) is 11.1 Å². The van der Waals surface area contributed by atoms with Gasteiger partial charge in [0.05, 0.1) is 12.7 Å². The maximum Gasteiger partial charge on any atom is 0.129 e. The van der Waals surface area contributed by atoms with Gasteiger partial charge in [-0.2, -0.15) is 0 Å². The first-order valence-corrected chi connectivity index (χ1v) is 9.44. The molecule has 24 heavy (non-hydrogen) atoms. The van der Waals surface area contributed by atoms with Gasteiger partial charge in [0.1, 0.15) is 11.6 Å². The predicted molar refractivity (Wildman–Crippen MR) is 95.5 cm³/mol. The summed E-state index contributed by atoms with van der Waals surface area (Å²) in [6, 6.07) is 3.10. The Bertz CT molecular complexity index is 513. The van der Waals surface area contributed by atoms with Crippen LogP contribution in [-0.4, -0.2) is 12.7 Å². The van der Waals surface area contributed by atoms with Crippen LogP contribution >= 0.6 is 11.6 Å². The summed E-state index contributed by atoms with van der Waals surface area (Å²) in [6.07, 6.45) is 9.02. The van der Waals surface area contributed by atoms with Crippen LogP contribution in [0.5, 0.6) is 0 Å². The van der Waals surface area contributed by atoms with Crippen LogP contribution in [-0.2, 0) is 11.2 Å². The summed E-state index contributed by atoms with van der Waals surface area (Å²) in [5.41, 5.74) is 2.50. The molecule has 1 aliphatic rings. The molecule has 0 saturated heterocycles. The Hall–Kier alpha value is -0.930. The second-order valence-corrected chi connectivity index (χ2v) is 6.84.